The van der Waals surface area contributed by atoms with E-state index in [0.717, 1.165) is 25.7 Å². The summed E-state index contributed by atoms with van der Waals surface area (Å²) in [5.74, 6) is -0.863. The van der Waals surface area contributed by atoms with E-state index in [1.165, 1.54) is 5.56 Å². The molecule has 0 radical (unpaired) electrons. The number of carbonyl (C=O) groups excluding carboxylic acids is 1. The van der Waals surface area contributed by atoms with Crippen molar-refractivity contribution in [2.75, 3.05) is 6.54 Å². The Labute approximate surface area is 125 Å². The second kappa shape index (κ2) is 7.25. The van der Waals surface area contributed by atoms with E-state index in [1.54, 1.807) is 4.90 Å². The molecule has 1 amide bonds. The lowest BCUT2D eigenvalue weighted by atomic mass is 9.90. The van der Waals surface area contributed by atoms with Crippen LogP contribution in [-0.2, 0) is 16.0 Å². The van der Waals surface area contributed by atoms with Gasteiger partial charge in [0.1, 0.15) is 6.04 Å². The van der Waals surface area contributed by atoms with Gasteiger partial charge in [0.15, 0.2) is 0 Å². The first kappa shape index (κ1) is 15.5. The Kier molecular flexibility index (Phi) is 5.37. The Morgan fingerprint density at radius 1 is 1.29 bits per heavy atom. The zero-order chi connectivity index (χ0) is 15.2. The number of nitrogens with zero attached hydrogens (tertiary/aromatic N) is 1. The van der Waals surface area contributed by atoms with Crippen molar-refractivity contribution >= 4 is 11.9 Å². The van der Waals surface area contributed by atoms with Crippen LogP contribution in [0.15, 0.2) is 30.3 Å². The molecule has 0 aromatic heterocycles. The second-order valence-corrected chi connectivity index (χ2v) is 5.83. The lowest BCUT2D eigenvalue weighted by Gasteiger charge is -2.37. The fraction of sp³-hybridized carbons (Fsp3) is 0.529. The Balaban J connectivity index is 1.88. The Hall–Kier alpha value is -1.84. The fourth-order valence-corrected chi connectivity index (χ4v) is 3.08. The number of aliphatic carboxylic acids is 1. The summed E-state index contributed by atoms with van der Waals surface area (Å²) in [6.45, 7) is 2.49. The van der Waals surface area contributed by atoms with Gasteiger partial charge in [0, 0.05) is 13.0 Å². The van der Waals surface area contributed by atoms with Crippen molar-refractivity contribution in [1.29, 1.82) is 0 Å². The van der Waals surface area contributed by atoms with Crippen molar-refractivity contribution in [3.05, 3.63) is 35.9 Å². The van der Waals surface area contributed by atoms with Gasteiger partial charge in [-0.1, -0.05) is 37.3 Å². The second-order valence-electron chi connectivity index (χ2n) is 5.83. The van der Waals surface area contributed by atoms with Crippen LogP contribution in [0.3, 0.4) is 0 Å². The van der Waals surface area contributed by atoms with Crippen molar-refractivity contribution in [3.63, 3.8) is 0 Å². The third kappa shape index (κ3) is 4.06. The summed E-state index contributed by atoms with van der Waals surface area (Å²) < 4.78 is 0. The van der Waals surface area contributed by atoms with Gasteiger partial charge in [0.25, 0.3) is 0 Å². The monoisotopic (exact) mass is 289 g/mol. The van der Waals surface area contributed by atoms with E-state index >= 15 is 0 Å². The predicted octanol–water partition coefficient (Wildman–Crippen LogP) is 2.72. The van der Waals surface area contributed by atoms with E-state index in [4.69, 9.17) is 0 Å². The number of carboxylic acids is 1. The maximum absolute atomic E-state index is 12.3. The molecule has 0 bridgehead atoms. The van der Waals surface area contributed by atoms with Crippen LogP contribution in [-0.4, -0.2) is 34.5 Å². The van der Waals surface area contributed by atoms with Gasteiger partial charge < -0.3 is 10.0 Å². The van der Waals surface area contributed by atoms with E-state index in [1.807, 2.05) is 37.3 Å². The molecule has 0 saturated carbocycles. The van der Waals surface area contributed by atoms with Crippen molar-refractivity contribution in [3.8, 4) is 0 Å². The lowest BCUT2D eigenvalue weighted by molar-refractivity contribution is -0.154. The highest BCUT2D eigenvalue weighted by molar-refractivity contribution is 5.84. The highest BCUT2D eigenvalue weighted by atomic mass is 16.4. The molecule has 1 N–H and O–H groups in total. The smallest absolute Gasteiger partial charge is 0.326 e. The predicted molar refractivity (Wildman–Crippen MR) is 80.9 cm³/mol. The molecule has 4 nitrogen and oxygen atoms in total. The van der Waals surface area contributed by atoms with E-state index in [9.17, 15) is 14.7 Å². The van der Waals surface area contributed by atoms with Crippen LogP contribution in [0.25, 0.3) is 0 Å². The molecular formula is C17H23NO3. The number of rotatable bonds is 5. The van der Waals surface area contributed by atoms with Gasteiger partial charge in [-0.05, 0) is 37.2 Å². The van der Waals surface area contributed by atoms with E-state index in [0.29, 0.717) is 13.0 Å². The number of carboxylic acid groups (broad SMARTS) is 1. The maximum atomic E-state index is 12.3. The number of amides is 1. The van der Waals surface area contributed by atoms with Gasteiger partial charge in [0.2, 0.25) is 5.91 Å². The van der Waals surface area contributed by atoms with Gasteiger partial charge in [-0.25, -0.2) is 4.79 Å². The molecule has 1 aromatic rings. The number of likely N-dealkylation sites (tertiary alicyclic amines) is 1. The molecule has 0 aliphatic carbocycles. The number of hydrogen-bond donors (Lipinski definition) is 1. The number of piperidine rings is 1. The molecular weight excluding hydrogens is 266 g/mol. The summed E-state index contributed by atoms with van der Waals surface area (Å²) >= 11 is 0. The molecule has 0 unspecified atom stereocenters. The topological polar surface area (TPSA) is 57.6 Å². The molecule has 114 valence electrons. The van der Waals surface area contributed by atoms with Gasteiger partial charge in [-0.15, -0.1) is 0 Å². The zero-order valence-corrected chi connectivity index (χ0v) is 12.5. The minimum Gasteiger partial charge on any atom is -0.480 e. The van der Waals surface area contributed by atoms with Crippen LogP contribution in [0, 0.1) is 5.92 Å². The van der Waals surface area contributed by atoms with Crippen LogP contribution in [0.1, 0.15) is 38.2 Å². The summed E-state index contributed by atoms with van der Waals surface area (Å²) in [5, 5.41) is 9.34. The number of benzene rings is 1. The molecule has 21 heavy (non-hydrogen) atoms. The van der Waals surface area contributed by atoms with Crippen molar-refractivity contribution in [2.45, 2.75) is 45.1 Å². The van der Waals surface area contributed by atoms with E-state index in [-0.39, 0.29) is 11.8 Å². The SMILES string of the molecule is C[C@@H]1CCCN(C(=O)CCCc2ccccc2)[C@@H]1C(=O)O. The van der Waals surface area contributed by atoms with Crippen molar-refractivity contribution in [1.82, 2.24) is 4.90 Å². The highest BCUT2D eigenvalue weighted by Gasteiger charge is 2.36. The first-order valence-corrected chi connectivity index (χ1v) is 7.66. The van der Waals surface area contributed by atoms with Crippen LogP contribution < -0.4 is 0 Å². The van der Waals surface area contributed by atoms with E-state index < -0.39 is 12.0 Å². The van der Waals surface area contributed by atoms with Crippen LogP contribution >= 0.6 is 0 Å². The molecule has 1 fully saturated rings. The Morgan fingerprint density at radius 3 is 2.67 bits per heavy atom. The Morgan fingerprint density at radius 2 is 2.00 bits per heavy atom. The quantitative estimate of drug-likeness (QED) is 0.906. The van der Waals surface area contributed by atoms with Crippen molar-refractivity contribution in [2.24, 2.45) is 5.92 Å². The standard InChI is InChI=1S/C17H23NO3/c1-13-7-6-12-18(16(13)17(20)21)15(19)11-5-10-14-8-3-2-4-9-14/h2-4,8-9,13,16H,5-7,10-12H2,1H3,(H,20,21)/t13-,16+/m1/s1. The molecule has 1 saturated heterocycles. The van der Waals surface area contributed by atoms with E-state index in [2.05, 4.69) is 0 Å². The van der Waals surface area contributed by atoms with Gasteiger partial charge >= 0.3 is 5.97 Å². The van der Waals surface area contributed by atoms with Crippen molar-refractivity contribution < 1.29 is 14.7 Å². The zero-order valence-electron chi connectivity index (χ0n) is 12.5. The first-order valence-electron chi connectivity index (χ1n) is 7.66. The molecule has 2 rings (SSSR count). The van der Waals surface area contributed by atoms with Crippen LogP contribution in [0.5, 0.6) is 0 Å². The highest BCUT2D eigenvalue weighted by Crippen LogP contribution is 2.24. The maximum Gasteiger partial charge on any atom is 0.326 e. The average molecular weight is 289 g/mol. The third-order valence-corrected chi connectivity index (χ3v) is 4.21. The minimum absolute atomic E-state index is 0.0233. The Bertz CT molecular complexity index is 486. The minimum atomic E-state index is -0.876. The first-order chi connectivity index (χ1) is 10.1. The lowest BCUT2D eigenvalue weighted by Crippen LogP contribution is -2.51. The number of carbonyl (C=O) groups is 2. The summed E-state index contributed by atoms with van der Waals surface area (Å²) in [6, 6.07) is 9.40. The average Bonchev–Trinajstić information content (AvgIpc) is 2.47. The molecule has 1 aliphatic rings. The van der Waals surface area contributed by atoms with Gasteiger partial charge in [-0.2, -0.15) is 0 Å². The fourth-order valence-electron chi connectivity index (χ4n) is 3.08. The summed E-state index contributed by atoms with van der Waals surface area (Å²) in [7, 11) is 0. The van der Waals surface area contributed by atoms with Gasteiger partial charge in [-0.3, -0.25) is 4.79 Å². The molecule has 1 aromatic carbocycles. The van der Waals surface area contributed by atoms with Crippen LogP contribution in [0.4, 0.5) is 0 Å². The molecule has 1 aliphatic heterocycles. The van der Waals surface area contributed by atoms with Gasteiger partial charge in [0.05, 0.1) is 0 Å². The largest absolute Gasteiger partial charge is 0.480 e. The summed E-state index contributed by atoms with van der Waals surface area (Å²) in [6.07, 6.45) is 3.82. The molecule has 2 atom stereocenters. The number of aryl methyl sites for hydroxylation is 1. The van der Waals surface area contributed by atoms with Crippen LogP contribution in [0.2, 0.25) is 0 Å². The number of hydrogen-bond acceptors (Lipinski definition) is 2. The normalized spacial score (nSPS) is 22.0. The summed E-state index contributed by atoms with van der Waals surface area (Å²) in [5.41, 5.74) is 1.21. The summed E-state index contributed by atoms with van der Waals surface area (Å²) in [4.78, 5) is 25.3. The molecule has 4 heteroatoms. The third-order valence-electron chi connectivity index (χ3n) is 4.21. The molecule has 1 heterocycles. The molecule has 0 spiro atoms.